The molecule has 21 heavy (non-hydrogen) atoms. The van der Waals surface area contributed by atoms with Crippen LogP contribution >= 0.6 is 0 Å². The van der Waals surface area contributed by atoms with Crippen LogP contribution in [0, 0.1) is 0 Å². The number of carbonyl (C=O) groups excluding carboxylic acids is 2. The molecule has 2 aliphatic rings. The lowest BCUT2D eigenvalue weighted by molar-refractivity contribution is -0.144. The highest BCUT2D eigenvalue weighted by Crippen LogP contribution is 2.21. The van der Waals surface area contributed by atoms with Crippen molar-refractivity contribution < 1.29 is 9.59 Å². The summed E-state index contributed by atoms with van der Waals surface area (Å²) < 4.78 is 0. The van der Waals surface area contributed by atoms with Crippen LogP contribution < -0.4 is 10.6 Å². The molecule has 2 aliphatic heterocycles. The maximum Gasteiger partial charge on any atom is 0.242 e. The lowest BCUT2D eigenvalue weighted by Gasteiger charge is -2.44. The quantitative estimate of drug-likeness (QED) is 0.757. The third-order valence-electron chi connectivity index (χ3n) is 4.62. The second kappa shape index (κ2) is 6.75. The van der Waals surface area contributed by atoms with E-state index in [1.54, 1.807) is 6.92 Å². The fourth-order valence-electron chi connectivity index (χ4n) is 3.26. The molecule has 2 heterocycles. The standard InChI is InChI=1S/C15H28N4O2/c1-12(20)17-13-4-8-18(9-5-13)14(21)15(2,3)19-10-6-16-7-11-19/h13,16H,4-11H2,1-3H3,(H,17,20). The Hall–Kier alpha value is -1.14. The number of nitrogens with zero attached hydrogens (tertiary/aromatic N) is 2. The molecule has 2 N–H and O–H groups in total. The molecule has 0 aliphatic carbocycles. The van der Waals surface area contributed by atoms with Crippen molar-refractivity contribution in [2.45, 2.75) is 45.2 Å². The van der Waals surface area contributed by atoms with Crippen LogP contribution in [0.1, 0.15) is 33.6 Å². The summed E-state index contributed by atoms with van der Waals surface area (Å²) in [5.74, 6) is 0.228. The molecule has 0 atom stereocenters. The van der Waals surface area contributed by atoms with Gasteiger partial charge >= 0.3 is 0 Å². The van der Waals surface area contributed by atoms with E-state index in [0.29, 0.717) is 0 Å². The first-order valence-electron chi connectivity index (χ1n) is 7.93. The van der Waals surface area contributed by atoms with Gasteiger partial charge in [0.2, 0.25) is 11.8 Å². The van der Waals surface area contributed by atoms with Crippen molar-refractivity contribution in [3.05, 3.63) is 0 Å². The number of hydrogen-bond acceptors (Lipinski definition) is 4. The summed E-state index contributed by atoms with van der Waals surface area (Å²) in [4.78, 5) is 28.1. The summed E-state index contributed by atoms with van der Waals surface area (Å²) in [6.07, 6.45) is 1.70. The van der Waals surface area contributed by atoms with Crippen molar-refractivity contribution >= 4 is 11.8 Å². The Morgan fingerprint density at radius 1 is 1.10 bits per heavy atom. The molecule has 2 amide bonds. The lowest BCUT2D eigenvalue weighted by atomic mass is 9.96. The zero-order valence-electron chi connectivity index (χ0n) is 13.4. The molecule has 0 aromatic heterocycles. The van der Waals surface area contributed by atoms with Crippen LogP contribution in [0.3, 0.4) is 0 Å². The first-order chi connectivity index (χ1) is 9.91. The minimum Gasteiger partial charge on any atom is -0.353 e. The summed E-state index contributed by atoms with van der Waals surface area (Å²) in [5, 5.41) is 6.27. The smallest absolute Gasteiger partial charge is 0.242 e. The van der Waals surface area contributed by atoms with Crippen molar-refractivity contribution in [3.63, 3.8) is 0 Å². The van der Waals surface area contributed by atoms with E-state index >= 15 is 0 Å². The van der Waals surface area contributed by atoms with E-state index in [9.17, 15) is 9.59 Å². The van der Waals surface area contributed by atoms with Crippen LogP contribution in [-0.2, 0) is 9.59 Å². The third kappa shape index (κ3) is 3.95. The van der Waals surface area contributed by atoms with Crippen LogP contribution in [0.4, 0.5) is 0 Å². The molecule has 0 radical (unpaired) electrons. The predicted octanol–water partition coefficient (Wildman–Crippen LogP) is -0.203. The molecule has 2 saturated heterocycles. The van der Waals surface area contributed by atoms with Crippen LogP contribution in [0.5, 0.6) is 0 Å². The van der Waals surface area contributed by atoms with E-state index in [2.05, 4.69) is 15.5 Å². The molecule has 6 heteroatoms. The number of rotatable bonds is 3. The van der Waals surface area contributed by atoms with Gasteiger partial charge < -0.3 is 15.5 Å². The van der Waals surface area contributed by atoms with Crippen molar-refractivity contribution in [2.24, 2.45) is 0 Å². The van der Waals surface area contributed by atoms with Gasteiger partial charge in [-0.05, 0) is 26.7 Å². The van der Waals surface area contributed by atoms with Crippen LogP contribution in [0.2, 0.25) is 0 Å². The van der Waals surface area contributed by atoms with Gasteiger partial charge in [0.15, 0.2) is 0 Å². The Labute approximate surface area is 127 Å². The van der Waals surface area contributed by atoms with Gasteiger partial charge in [0.1, 0.15) is 0 Å². The topological polar surface area (TPSA) is 64.7 Å². The van der Waals surface area contributed by atoms with Crippen molar-refractivity contribution in [1.29, 1.82) is 0 Å². The Morgan fingerprint density at radius 3 is 2.19 bits per heavy atom. The van der Waals surface area contributed by atoms with Crippen LogP contribution in [-0.4, -0.2) is 72.5 Å². The van der Waals surface area contributed by atoms with Gasteiger partial charge in [-0.3, -0.25) is 14.5 Å². The summed E-state index contributed by atoms with van der Waals surface area (Å²) in [6.45, 7) is 10.8. The average molecular weight is 296 g/mol. The normalized spacial score (nSPS) is 22.1. The van der Waals surface area contributed by atoms with Crippen LogP contribution in [0.25, 0.3) is 0 Å². The number of likely N-dealkylation sites (tertiary alicyclic amines) is 1. The number of carbonyl (C=O) groups is 2. The molecule has 0 bridgehead atoms. The van der Waals surface area contributed by atoms with E-state index < -0.39 is 5.54 Å². The highest BCUT2D eigenvalue weighted by Gasteiger charge is 2.39. The first-order valence-corrected chi connectivity index (χ1v) is 7.93. The zero-order chi connectivity index (χ0) is 15.5. The van der Waals surface area contributed by atoms with Gasteiger partial charge in [-0.25, -0.2) is 0 Å². The second-order valence-electron chi connectivity index (χ2n) is 6.56. The summed E-state index contributed by atoms with van der Waals surface area (Å²) in [7, 11) is 0. The number of amides is 2. The first kappa shape index (κ1) is 16.2. The van der Waals surface area contributed by atoms with Gasteiger partial charge in [-0.1, -0.05) is 0 Å². The molecule has 0 unspecified atom stereocenters. The number of piperazine rings is 1. The van der Waals surface area contributed by atoms with E-state index in [1.807, 2.05) is 18.7 Å². The largest absolute Gasteiger partial charge is 0.353 e. The fraction of sp³-hybridized carbons (Fsp3) is 0.867. The van der Waals surface area contributed by atoms with Gasteiger partial charge in [0.25, 0.3) is 0 Å². The third-order valence-corrected chi connectivity index (χ3v) is 4.62. The Kier molecular flexibility index (Phi) is 5.22. The van der Waals surface area contributed by atoms with Crippen LogP contribution in [0.15, 0.2) is 0 Å². The number of nitrogens with one attached hydrogen (secondary N) is 2. The Balaban J connectivity index is 1.89. The Bertz CT molecular complexity index is 383. The highest BCUT2D eigenvalue weighted by atomic mass is 16.2. The van der Waals surface area contributed by atoms with Gasteiger partial charge in [-0.2, -0.15) is 0 Å². The van der Waals surface area contributed by atoms with E-state index in [1.165, 1.54) is 0 Å². The molecular weight excluding hydrogens is 268 g/mol. The molecule has 120 valence electrons. The van der Waals surface area contributed by atoms with E-state index in [0.717, 1.165) is 52.1 Å². The fourth-order valence-corrected chi connectivity index (χ4v) is 3.26. The van der Waals surface area contributed by atoms with Gasteiger partial charge in [0.05, 0.1) is 5.54 Å². The molecule has 0 aromatic carbocycles. The molecule has 0 spiro atoms. The minimum absolute atomic E-state index is 0.0147. The average Bonchev–Trinajstić information content (AvgIpc) is 2.47. The minimum atomic E-state index is -0.442. The van der Waals surface area contributed by atoms with Crippen molar-refractivity contribution in [3.8, 4) is 0 Å². The predicted molar refractivity (Wildman–Crippen MR) is 81.9 cm³/mol. The molecule has 0 aromatic rings. The zero-order valence-corrected chi connectivity index (χ0v) is 13.4. The summed E-state index contributed by atoms with van der Waals surface area (Å²) in [5.41, 5.74) is -0.442. The monoisotopic (exact) mass is 296 g/mol. The van der Waals surface area contributed by atoms with E-state index in [4.69, 9.17) is 0 Å². The van der Waals surface area contributed by atoms with Gasteiger partial charge in [-0.15, -0.1) is 0 Å². The molecule has 2 rings (SSSR count). The number of hydrogen-bond donors (Lipinski definition) is 2. The Morgan fingerprint density at radius 2 is 1.67 bits per heavy atom. The lowest BCUT2D eigenvalue weighted by Crippen LogP contribution is -2.61. The molecule has 2 fully saturated rings. The summed E-state index contributed by atoms with van der Waals surface area (Å²) in [6, 6.07) is 0.217. The van der Waals surface area contributed by atoms with Gasteiger partial charge in [0, 0.05) is 52.2 Å². The maximum absolute atomic E-state index is 12.8. The molecular formula is C15H28N4O2. The molecule has 0 saturated carbocycles. The van der Waals surface area contributed by atoms with Crippen molar-refractivity contribution in [2.75, 3.05) is 39.3 Å². The number of piperidine rings is 1. The maximum atomic E-state index is 12.8. The SMILES string of the molecule is CC(=O)NC1CCN(C(=O)C(C)(C)N2CCNCC2)CC1. The second-order valence-corrected chi connectivity index (χ2v) is 6.56. The van der Waals surface area contributed by atoms with Crippen molar-refractivity contribution in [1.82, 2.24) is 20.4 Å². The summed E-state index contributed by atoms with van der Waals surface area (Å²) >= 11 is 0. The van der Waals surface area contributed by atoms with E-state index in [-0.39, 0.29) is 17.9 Å². The molecule has 6 nitrogen and oxygen atoms in total. The highest BCUT2D eigenvalue weighted by molar-refractivity contribution is 5.85.